The third kappa shape index (κ3) is 4.94. The van der Waals surface area contributed by atoms with Crippen LogP contribution in [0.15, 0.2) is 65.7 Å². The summed E-state index contributed by atoms with van der Waals surface area (Å²) in [6.45, 7) is 1.01. The molecule has 11 nitrogen and oxygen atoms in total. The zero-order valence-electron chi connectivity index (χ0n) is 20.3. The smallest absolute Gasteiger partial charge is 0.256 e. The third-order valence-corrected chi connectivity index (χ3v) is 6.32. The Labute approximate surface area is 212 Å². The van der Waals surface area contributed by atoms with E-state index in [2.05, 4.69) is 15.5 Å². The lowest BCUT2D eigenvalue weighted by atomic mass is 10.0. The first-order valence-electron chi connectivity index (χ1n) is 12.0. The van der Waals surface area contributed by atoms with Gasteiger partial charge >= 0.3 is 0 Å². The molecule has 5 rings (SSSR count). The van der Waals surface area contributed by atoms with Gasteiger partial charge in [-0.15, -0.1) is 0 Å². The molecule has 3 N–H and O–H groups in total. The molecule has 0 radical (unpaired) electrons. The number of hydrogen-bond acceptors (Lipinski definition) is 8. The number of nitrogens with two attached hydrogens (primary N) is 1. The van der Waals surface area contributed by atoms with Gasteiger partial charge in [-0.3, -0.25) is 14.0 Å². The van der Waals surface area contributed by atoms with Crippen LogP contribution >= 0.6 is 0 Å². The number of nitrogen functional groups attached to an aromatic ring is 1. The summed E-state index contributed by atoms with van der Waals surface area (Å²) < 4.78 is 11.7. The van der Waals surface area contributed by atoms with Gasteiger partial charge in [0.2, 0.25) is 5.91 Å². The molecule has 1 saturated heterocycles. The second kappa shape index (κ2) is 10.6. The minimum Gasteiger partial charge on any atom is -0.382 e. The minimum absolute atomic E-state index is 0.0791. The topological polar surface area (TPSA) is 141 Å². The minimum atomic E-state index is -0.310. The van der Waals surface area contributed by atoms with Crippen molar-refractivity contribution < 1.29 is 18.8 Å². The maximum Gasteiger partial charge on any atom is 0.256 e. The number of nitrogens with zero attached hydrogens (tertiary/aromatic N) is 5. The number of carbonyl (C=O) groups excluding carboxylic acids is 2. The molecule has 0 saturated carbocycles. The molecular formula is C26H27N7O4. The van der Waals surface area contributed by atoms with Crippen molar-refractivity contribution in [3.05, 3.63) is 72.5 Å². The first-order chi connectivity index (χ1) is 18.1. The summed E-state index contributed by atoms with van der Waals surface area (Å²) in [5.74, 6) is 0.999. The summed E-state index contributed by atoms with van der Waals surface area (Å²) in [5, 5.41) is 6.37. The Morgan fingerprint density at radius 3 is 2.84 bits per heavy atom. The molecule has 0 bridgehead atoms. The largest absolute Gasteiger partial charge is 0.382 e. The number of imidazole rings is 1. The van der Waals surface area contributed by atoms with Crippen molar-refractivity contribution in [2.24, 2.45) is 0 Å². The van der Waals surface area contributed by atoms with E-state index in [1.54, 1.807) is 43.7 Å². The van der Waals surface area contributed by atoms with Crippen LogP contribution in [0.2, 0.25) is 0 Å². The van der Waals surface area contributed by atoms with Gasteiger partial charge in [0, 0.05) is 49.3 Å². The molecule has 1 aliphatic heterocycles. The zero-order chi connectivity index (χ0) is 25.8. The van der Waals surface area contributed by atoms with E-state index in [9.17, 15) is 9.59 Å². The van der Waals surface area contributed by atoms with Gasteiger partial charge in [0.15, 0.2) is 5.82 Å². The molecule has 4 aromatic rings. The van der Waals surface area contributed by atoms with Gasteiger partial charge in [-0.2, -0.15) is 0 Å². The molecule has 190 valence electrons. The number of benzene rings is 1. The molecule has 11 heteroatoms. The van der Waals surface area contributed by atoms with Crippen LogP contribution in [-0.2, 0) is 9.53 Å². The highest BCUT2D eigenvalue weighted by atomic mass is 16.5. The van der Waals surface area contributed by atoms with Crippen molar-refractivity contribution >= 4 is 29.0 Å². The van der Waals surface area contributed by atoms with Crippen molar-refractivity contribution in [1.82, 2.24) is 24.4 Å². The van der Waals surface area contributed by atoms with E-state index in [0.717, 1.165) is 30.7 Å². The molecule has 37 heavy (non-hydrogen) atoms. The van der Waals surface area contributed by atoms with Gasteiger partial charge in [-0.1, -0.05) is 23.4 Å². The maximum absolute atomic E-state index is 13.0. The van der Waals surface area contributed by atoms with Crippen LogP contribution in [0.1, 0.15) is 41.5 Å². The molecule has 2 amide bonds. The number of rotatable bonds is 7. The Balaban J connectivity index is 1.49. The third-order valence-electron chi connectivity index (χ3n) is 6.32. The number of likely N-dealkylation sites (tertiary alicyclic amines) is 1. The van der Waals surface area contributed by atoms with Crippen molar-refractivity contribution in [2.75, 3.05) is 31.3 Å². The number of piperidine rings is 1. The van der Waals surface area contributed by atoms with E-state index < -0.39 is 0 Å². The highest BCUT2D eigenvalue weighted by Crippen LogP contribution is 2.36. The maximum atomic E-state index is 13.0. The van der Waals surface area contributed by atoms with E-state index in [1.807, 2.05) is 27.6 Å². The number of hydrogen-bond donors (Lipinski definition) is 2. The summed E-state index contributed by atoms with van der Waals surface area (Å²) in [4.78, 5) is 36.7. The lowest BCUT2D eigenvalue weighted by Gasteiger charge is -2.34. The zero-order valence-corrected chi connectivity index (χ0v) is 20.3. The Hall–Kier alpha value is -4.51. The van der Waals surface area contributed by atoms with Crippen LogP contribution < -0.4 is 11.1 Å². The Morgan fingerprint density at radius 2 is 2.08 bits per heavy atom. The fourth-order valence-corrected chi connectivity index (χ4v) is 4.57. The highest BCUT2D eigenvalue weighted by Gasteiger charge is 2.31. The molecule has 1 fully saturated rings. The molecule has 1 aromatic carbocycles. The Kier molecular flexibility index (Phi) is 6.95. The second-order valence-electron chi connectivity index (χ2n) is 8.67. The molecule has 0 spiro atoms. The molecule has 1 atom stereocenters. The van der Waals surface area contributed by atoms with E-state index in [-0.39, 0.29) is 17.9 Å². The van der Waals surface area contributed by atoms with Crippen LogP contribution in [-0.4, -0.2) is 56.5 Å². The van der Waals surface area contributed by atoms with Crippen LogP contribution in [0.4, 0.5) is 11.6 Å². The Morgan fingerprint density at radius 1 is 1.24 bits per heavy atom. The van der Waals surface area contributed by atoms with Crippen LogP contribution in [0.25, 0.3) is 16.8 Å². The van der Waals surface area contributed by atoms with Crippen LogP contribution in [0.5, 0.6) is 0 Å². The lowest BCUT2D eigenvalue weighted by Crippen LogP contribution is -2.38. The number of carbonyl (C=O) groups is 2. The fourth-order valence-electron chi connectivity index (χ4n) is 4.57. The van der Waals surface area contributed by atoms with Crippen molar-refractivity contribution in [1.29, 1.82) is 0 Å². The molecular weight excluding hydrogens is 474 g/mol. The SMILES string of the molecule is COCC=CC(=O)N1CCCCC1c1nc(-c2ccc(C(=O)Nc3ccon3)cc2)c2c(N)nccn12. The second-order valence-corrected chi connectivity index (χ2v) is 8.67. The lowest BCUT2D eigenvalue weighted by molar-refractivity contribution is -0.130. The monoisotopic (exact) mass is 501 g/mol. The molecule has 1 aliphatic rings. The molecule has 4 heterocycles. The van der Waals surface area contributed by atoms with Gasteiger partial charge in [0.1, 0.15) is 29.1 Å². The summed E-state index contributed by atoms with van der Waals surface area (Å²) in [5.41, 5.74) is 8.83. The number of aromatic nitrogens is 4. The predicted octanol–water partition coefficient (Wildman–Crippen LogP) is 3.48. The van der Waals surface area contributed by atoms with Gasteiger partial charge in [0.05, 0.1) is 12.6 Å². The number of amides is 2. The predicted molar refractivity (Wildman–Crippen MR) is 137 cm³/mol. The highest BCUT2D eigenvalue weighted by molar-refractivity contribution is 6.04. The summed E-state index contributed by atoms with van der Waals surface area (Å²) in [6, 6.07) is 8.39. The number of ether oxygens (including phenoxy) is 1. The normalized spacial score (nSPS) is 15.9. The molecule has 1 unspecified atom stereocenters. The number of anilines is 2. The van der Waals surface area contributed by atoms with Crippen molar-refractivity contribution in [3.8, 4) is 11.3 Å². The van der Waals surface area contributed by atoms with E-state index >= 15 is 0 Å². The average molecular weight is 502 g/mol. The summed E-state index contributed by atoms with van der Waals surface area (Å²) in [6.07, 6.45) is 10.8. The molecule has 0 aliphatic carbocycles. The van der Waals surface area contributed by atoms with E-state index in [4.69, 9.17) is 20.0 Å². The summed E-state index contributed by atoms with van der Waals surface area (Å²) in [7, 11) is 1.59. The van der Waals surface area contributed by atoms with Crippen molar-refractivity contribution in [2.45, 2.75) is 25.3 Å². The standard InChI is InChI=1S/C26H27N7O4/c1-36-15-4-6-21(34)32-13-3-2-5-19(32)25-30-22(23-24(27)28-12-14-33(23)25)17-7-9-18(10-8-17)26(35)29-20-11-16-37-31-20/h4,6-12,14,16,19H,2-3,5,13,15H2,1H3,(H2,27,28)(H,29,31,35). The van der Waals surface area contributed by atoms with Crippen LogP contribution in [0.3, 0.4) is 0 Å². The van der Waals surface area contributed by atoms with Gasteiger partial charge < -0.3 is 25.2 Å². The van der Waals surface area contributed by atoms with Gasteiger partial charge in [0.25, 0.3) is 5.91 Å². The molecule has 3 aromatic heterocycles. The first kappa shape index (κ1) is 24.2. The number of nitrogens with one attached hydrogen (secondary N) is 1. The number of methoxy groups -OCH3 is 1. The average Bonchev–Trinajstić information content (AvgIpc) is 3.57. The fraction of sp³-hybridized carbons (Fsp3) is 0.269. The van der Waals surface area contributed by atoms with Gasteiger partial charge in [-0.25, -0.2) is 9.97 Å². The van der Waals surface area contributed by atoms with E-state index in [1.165, 1.54) is 6.26 Å². The van der Waals surface area contributed by atoms with E-state index in [0.29, 0.717) is 41.6 Å². The first-order valence-corrected chi connectivity index (χ1v) is 12.0. The summed E-state index contributed by atoms with van der Waals surface area (Å²) >= 11 is 0. The number of fused-ring (bicyclic) bond motifs is 1. The van der Waals surface area contributed by atoms with Crippen LogP contribution in [0, 0.1) is 0 Å². The van der Waals surface area contributed by atoms with Crippen molar-refractivity contribution in [3.63, 3.8) is 0 Å². The van der Waals surface area contributed by atoms with Gasteiger partial charge in [-0.05, 0) is 31.4 Å². The quantitative estimate of drug-likeness (QED) is 0.367. The Bertz CT molecular complexity index is 1430.